The van der Waals surface area contributed by atoms with Crippen LogP contribution in [0.25, 0.3) is 0 Å². The molecule has 0 aromatic carbocycles. The molecular formula is C8H12O4. The van der Waals surface area contributed by atoms with Crippen molar-refractivity contribution in [3.63, 3.8) is 0 Å². The molecule has 0 rings (SSSR count). The number of aliphatic carboxylic acids is 1. The molecule has 0 amide bonds. The summed E-state index contributed by atoms with van der Waals surface area (Å²) in [5.74, 6) is -1.48. The Hall–Kier alpha value is -1.32. The molecule has 0 unspecified atom stereocenters. The van der Waals surface area contributed by atoms with Gasteiger partial charge in [0.1, 0.15) is 0 Å². The molecule has 0 aliphatic rings. The van der Waals surface area contributed by atoms with Crippen LogP contribution in [0.15, 0.2) is 12.2 Å². The first-order valence-corrected chi connectivity index (χ1v) is 3.61. The maximum Gasteiger partial charge on any atom is 0.327 e. The van der Waals surface area contributed by atoms with Crippen molar-refractivity contribution in [1.82, 2.24) is 0 Å². The van der Waals surface area contributed by atoms with Crippen molar-refractivity contribution >= 4 is 11.9 Å². The van der Waals surface area contributed by atoms with Crippen LogP contribution in [0.3, 0.4) is 0 Å². The number of ether oxygens (including phenoxy) is 1. The molecule has 12 heavy (non-hydrogen) atoms. The SMILES string of the molecule is CC(C)OC(=O)C/C=C/C(=O)O. The molecule has 0 heterocycles. The van der Waals surface area contributed by atoms with Crippen molar-refractivity contribution in [2.75, 3.05) is 0 Å². The summed E-state index contributed by atoms with van der Waals surface area (Å²) >= 11 is 0. The molecule has 0 aliphatic heterocycles. The minimum Gasteiger partial charge on any atom is -0.478 e. The topological polar surface area (TPSA) is 63.6 Å². The van der Waals surface area contributed by atoms with Gasteiger partial charge in [0.15, 0.2) is 0 Å². The maximum absolute atomic E-state index is 10.8. The lowest BCUT2D eigenvalue weighted by Crippen LogP contribution is -2.10. The van der Waals surface area contributed by atoms with Crippen LogP contribution in [0, 0.1) is 0 Å². The van der Waals surface area contributed by atoms with E-state index in [1.54, 1.807) is 13.8 Å². The lowest BCUT2D eigenvalue weighted by atomic mass is 10.4. The predicted octanol–water partition coefficient (Wildman–Crippen LogP) is 0.969. The highest BCUT2D eigenvalue weighted by Crippen LogP contribution is 1.93. The van der Waals surface area contributed by atoms with Crippen LogP contribution < -0.4 is 0 Å². The molecule has 0 saturated heterocycles. The van der Waals surface area contributed by atoms with E-state index in [9.17, 15) is 9.59 Å². The molecule has 0 fully saturated rings. The molecule has 68 valence electrons. The summed E-state index contributed by atoms with van der Waals surface area (Å²) in [5.41, 5.74) is 0. The Labute approximate surface area is 70.8 Å². The summed E-state index contributed by atoms with van der Waals surface area (Å²) in [5, 5.41) is 8.17. The zero-order valence-corrected chi connectivity index (χ0v) is 7.11. The van der Waals surface area contributed by atoms with Crippen molar-refractivity contribution in [3.05, 3.63) is 12.2 Å². The zero-order valence-electron chi connectivity index (χ0n) is 7.11. The lowest BCUT2D eigenvalue weighted by molar-refractivity contribution is -0.146. The molecule has 1 N–H and O–H groups in total. The van der Waals surface area contributed by atoms with Gasteiger partial charge >= 0.3 is 11.9 Å². The molecule has 0 spiro atoms. The second-order valence-corrected chi connectivity index (χ2v) is 2.48. The molecule has 4 heteroatoms. The summed E-state index contributed by atoms with van der Waals surface area (Å²) in [6, 6.07) is 0. The molecule has 0 atom stereocenters. The maximum atomic E-state index is 10.8. The number of carboxylic acids is 1. The Morgan fingerprint density at radius 3 is 2.50 bits per heavy atom. The van der Waals surface area contributed by atoms with Gasteiger partial charge in [-0.3, -0.25) is 4.79 Å². The van der Waals surface area contributed by atoms with Gasteiger partial charge in [-0.25, -0.2) is 4.79 Å². The van der Waals surface area contributed by atoms with Crippen LogP contribution in [0.2, 0.25) is 0 Å². The normalized spacial score (nSPS) is 10.6. The van der Waals surface area contributed by atoms with Gasteiger partial charge in [-0.15, -0.1) is 0 Å². The van der Waals surface area contributed by atoms with E-state index >= 15 is 0 Å². The van der Waals surface area contributed by atoms with Crippen molar-refractivity contribution in [1.29, 1.82) is 0 Å². The third-order valence-corrected chi connectivity index (χ3v) is 0.912. The van der Waals surface area contributed by atoms with Crippen molar-refractivity contribution in [3.8, 4) is 0 Å². The Morgan fingerprint density at radius 1 is 1.50 bits per heavy atom. The van der Waals surface area contributed by atoms with Crippen LogP contribution >= 0.6 is 0 Å². The van der Waals surface area contributed by atoms with Crippen molar-refractivity contribution in [2.45, 2.75) is 26.4 Å². The quantitative estimate of drug-likeness (QED) is 0.507. The first-order chi connectivity index (χ1) is 5.52. The van der Waals surface area contributed by atoms with Gasteiger partial charge in [0.05, 0.1) is 12.5 Å². The van der Waals surface area contributed by atoms with Gasteiger partial charge in [-0.2, -0.15) is 0 Å². The highest BCUT2D eigenvalue weighted by Gasteiger charge is 2.01. The first kappa shape index (κ1) is 10.7. The van der Waals surface area contributed by atoms with Gasteiger partial charge in [-0.1, -0.05) is 6.08 Å². The minimum absolute atomic E-state index is 0.00444. The number of esters is 1. The number of hydrogen-bond acceptors (Lipinski definition) is 3. The minimum atomic E-state index is -1.06. The Balaban J connectivity index is 3.64. The van der Waals surface area contributed by atoms with E-state index in [0.29, 0.717) is 0 Å². The number of rotatable bonds is 4. The van der Waals surface area contributed by atoms with Gasteiger partial charge in [0.2, 0.25) is 0 Å². The van der Waals surface area contributed by atoms with Gasteiger partial charge < -0.3 is 9.84 Å². The molecule has 0 saturated carbocycles. The lowest BCUT2D eigenvalue weighted by Gasteiger charge is -2.04. The number of carbonyl (C=O) groups excluding carboxylic acids is 1. The fourth-order valence-electron chi connectivity index (χ4n) is 0.567. The van der Waals surface area contributed by atoms with E-state index in [2.05, 4.69) is 0 Å². The fraction of sp³-hybridized carbons (Fsp3) is 0.500. The van der Waals surface area contributed by atoms with Crippen LogP contribution in [-0.2, 0) is 14.3 Å². The molecule has 0 bridgehead atoms. The molecule has 0 aromatic heterocycles. The molecule has 0 aromatic rings. The van der Waals surface area contributed by atoms with Crippen LogP contribution in [0.4, 0.5) is 0 Å². The van der Waals surface area contributed by atoms with E-state index in [1.165, 1.54) is 6.08 Å². The largest absolute Gasteiger partial charge is 0.478 e. The summed E-state index contributed by atoms with van der Waals surface area (Å²) < 4.78 is 4.75. The molecular weight excluding hydrogens is 160 g/mol. The van der Waals surface area contributed by atoms with Crippen molar-refractivity contribution in [2.24, 2.45) is 0 Å². The Kier molecular flexibility index (Phi) is 4.76. The molecule has 0 aliphatic carbocycles. The second kappa shape index (κ2) is 5.35. The standard InChI is InChI=1S/C8H12O4/c1-6(2)12-8(11)5-3-4-7(9)10/h3-4,6H,5H2,1-2H3,(H,9,10)/b4-3+. The Bertz CT molecular complexity index is 193. The molecule has 4 nitrogen and oxygen atoms in total. The van der Waals surface area contributed by atoms with Crippen LogP contribution in [0.1, 0.15) is 20.3 Å². The van der Waals surface area contributed by atoms with Gasteiger partial charge in [-0.05, 0) is 13.8 Å². The number of carbonyl (C=O) groups is 2. The average Bonchev–Trinajstić information content (AvgIpc) is 1.84. The molecule has 0 radical (unpaired) electrons. The smallest absolute Gasteiger partial charge is 0.327 e. The summed E-state index contributed by atoms with van der Waals surface area (Å²) in [7, 11) is 0. The fourth-order valence-corrected chi connectivity index (χ4v) is 0.567. The highest BCUT2D eigenvalue weighted by molar-refractivity contribution is 5.81. The van der Waals surface area contributed by atoms with Crippen LogP contribution in [0.5, 0.6) is 0 Å². The van der Waals surface area contributed by atoms with E-state index in [1.807, 2.05) is 0 Å². The Morgan fingerprint density at radius 2 is 2.08 bits per heavy atom. The van der Waals surface area contributed by atoms with E-state index in [-0.39, 0.29) is 12.5 Å². The number of hydrogen-bond donors (Lipinski definition) is 1. The highest BCUT2D eigenvalue weighted by atomic mass is 16.5. The summed E-state index contributed by atoms with van der Waals surface area (Å²) in [4.78, 5) is 20.7. The average molecular weight is 172 g/mol. The van der Waals surface area contributed by atoms with Gasteiger partial charge in [0, 0.05) is 6.08 Å². The zero-order chi connectivity index (χ0) is 9.56. The third kappa shape index (κ3) is 6.80. The monoisotopic (exact) mass is 172 g/mol. The third-order valence-electron chi connectivity index (χ3n) is 0.912. The summed E-state index contributed by atoms with van der Waals surface area (Å²) in [6.45, 7) is 3.47. The number of carboxylic acid groups (broad SMARTS) is 1. The second-order valence-electron chi connectivity index (χ2n) is 2.48. The van der Waals surface area contributed by atoms with Crippen LogP contribution in [-0.4, -0.2) is 23.1 Å². The summed E-state index contributed by atoms with van der Waals surface area (Å²) in [6.07, 6.45) is 2.02. The van der Waals surface area contributed by atoms with Crippen molar-refractivity contribution < 1.29 is 19.4 Å². The van der Waals surface area contributed by atoms with E-state index in [4.69, 9.17) is 9.84 Å². The predicted molar refractivity (Wildman–Crippen MR) is 42.6 cm³/mol. The first-order valence-electron chi connectivity index (χ1n) is 3.61. The van der Waals surface area contributed by atoms with E-state index < -0.39 is 11.9 Å². The van der Waals surface area contributed by atoms with Gasteiger partial charge in [0.25, 0.3) is 0 Å². The van der Waals surface area contributed by atoms with E-state index in [0.717, 1.165) is 6.08 Å².